The first-order valence-electron chi connectivity index (χ1n) is 7.57. The molecular formula is C16H20N6O. The van der Waals surface area contributed by atoms with Crippen molar-refractivity contribution in [1.82, 2.24) is 24.7 Å². The van der Waals surface area contributed by atoms with E-state index < -0.39 is 0 Å². The van der Waals surface area contributed by atoms with Crippen molar-refractivity contribution in [3.05, 3.63) is 43.0 Å². The third kappa shape index (κ3) is 3.30. The van der Waals surface area contributed by atoms with E-state index in [1.807, 2.05) is 35.0 Å². The van der Waals surface area contributed by atoms with Crippen molar-refractivity contribution in [3.8, 4) is 11.4 Å². The van der Waals surface area contributed by atoms with Gasteiger partial charge < -0.3 is 15.7 Å². The van der Waals surface area contributed by atoms with Crippen molar-refractivity contribution in [2.24, 2.45) is 0 Å². The molecule has 0 radical (unpaired) electrons. The van der Waals surface area contributed by atoms with E-state index in [0.717, 1.165) is 49.5 Å². The molecule has 0 spiro atoms. The van der Waals surface area contributed by atoms with Crippen LogP contribution in [0.15, 0.2) is 43.0 Å². The van der Waals surface area contributed by atoms with Crippen molar-refractivity contribution in [1.29, 1.82) is 0 Å². The topological polar surface area (TPSA) is 87.4 Å². The molecule has 4 rings (SSSR count). The summed E-state index contributed by atoms with van der Waals surface area (Å²) in [7, 11) is 1.00. The van der Waals surface area contributed by atoms with Gasteiger partial charge in [-0.3, -0.25) is 9.38 Å². The highest BCUT2D eigenvalue weighted by Gasteiger charge is 2.15. The van der Waals surface area contributed by atoms with Crippen LogP contribution < -0.4 is 10.6 Å². The van der Waals surface area contributed by atoms with Crippen LogP contribution in [0, 0.1) is 0 Å². The molecule has 1 saturated heterocycles. The molecule has 3 N–H and O–H groups in total. The van der Waals surface area contributed by atoms with E-state index in [1.54, 1.807) is 12.4 Å². The number of aliphatic hydroxyl groups is 1. The second kappa shape index (κ2) is 7.17. The van der Waals surface area contributed by atoms with E-state index in [4.69, 9.17) is 5.11 Å². The van der Waals surface area contributed by atoms with Crippen LogP contribution in [-0.2, 0) is 0 Å². The Hall–Kier alpha value is -2.51. The highest BCUT2D eigenvalue weighted by molar-refractivity contribution is 5.60. The Labute approximate surface area is 134 Å². The minimum Gasteiger partial charge on any atom is -0.400 e. The number of nitrogens with zero attached hydrogens (tertiary/aromatic N) is 4. The van der Waals surface area contributed by atoms with Crippen molar-refractivity contribution in [2.45, 2.75) is 12.5 Å². The summed E-state index contributed by atoms with van der Waals surface area (Å²) in [4.78, 5) is 13.4. The largest absolute Gasteiger partial charge is 0.400 e. The Morgan fingerprint density at radius 3 is 3.00 bits per heavy atom. The molecule has 4 heterocycles. The van der Waals surface area contributed by atoms with Crippen LogP contribution >= 0.6 is 0 Å². The first-order valence-corrected chi connectivity index (χ1v) is 7.57. The Balaban J connectivity index is 0.000000753. The monoisotopic (exact) mass is 312 g/mol. The number of anilines is 1. The first kappa shape index (κ1) is 15.4. The standard InChI is InChI=1S/C15H16N6.CH4O/c1-2-6-21-13(9-18-15(21)3-1)12-8-17-10-14(20-12)19-11-4-5-16-7-11;1-2/h1-3,6,8-11,16H,4-5,7H2,(H,19,20);2H,1H3. The summed E-state index contributed by atoms with van der Waals surface area (Å²) in [5.41, 5.74) is 2.68. The summed E-state index contributed by atoms with van der Waals surface area (Å²) < 4.78 is 2.02. The summed E-state index contributed by atoms with van der Waals surface area (Å²) in [6.07, 6.45) is 8.47. The number of rotatable bonds is 3. The molecule has 3 aromatic rings. The van der Waals surface area contributed by atoms with E-state index in [0.29, 0.717) is 6.04 Å². The number of hydrogen-bond acceptors (Lipinski definition) is 6. The molecule has 0 saturated carbocycles. The van der Waals surface area contributed by atoms with Gasteiger partial charge in [-0.05, 0) is 25.1 Å². The van der Waals surface area contributed by atoms with Crippen molar-refractivity contribution >= 4 is 11.5 Å². The van der Waals surface area contributed by atoms with E-state index in [2.05, 4.69) is 25.6 Å². The maximum absolute atomic E-state index is 7.00. The fourth-order valence-electron chi connectivity index (χ4n) is 2.67. The molecule has 1 atom stereocenters. The molecule has 120 valence electrons. The van der Waals surface area contributed by atoms with E-state index in [1.165, 1.54) is 0 Å². The predicted molar refractivity (Wildman–Crippen MR) is 89.3 cm³/mol. The molecule has 3 aromatic heterocycles. The van der Waals surface area contributed by atoms with Gasteiger partial charge in [0.25, 0.3) is 0 Å². The number of imidazole rings is 1. The minimum atomic E-state index is 0.428. The number of fused-ring (bicyclic) bond motifs is 1. The predicted octanol–water partition coefficient (Wildman–Crippen LogP) is 1.17. The molecule has 23 heavy (non-hydrogen) atoms. The fraction of sp³-hybridized carbons (Fsp3) is 0.312. The lowest BCUT2D eigenvalue weighted by atomic mass is 10.2. The van der Waals surface area contributed by atoms with Crippen LogP contribution in [0.5, 0.6) is 0 Å². The second-order valence-corrected chi connectivity index (χ2v) is 5.20. The van der Waals surface area contributed by atoms with Crippen LogP contribution in [0.1, 0.15) is 6.42 Å². The van der Waals surface area contributed by atoms with Crippen molar-refractivity contribution < 1.29 is 5.11 Å². The summed E-state index contributed by atoms with van der Waals surface area (Å²) in [5, 5.41) is 13.8. The highest BCUT2D eigenvalue weighted by atomic mass is 16.2. The zero-order valence-corrected chi connectivity index (χ0v) is 13.0. The quantitative estimate of drug-likeness (QED) is 0.673. The number of aromatic nitrogens is 4. The van der Waals surface area contributed by atoms with Gasteiger partial charge in [0.2, 0.25) is 0 Å². The lowest BCUT2D eigenvalue weighted by molar-refractivity contribution is 0.399. The number of aliphatic hydroxyl groups excluding tert-OH is 1. The van der Waals surface area contributed by atoms with Crippen LogP contribution in [0.4, 0.5) is 5.82 Å². The molecule has 1 aliphatic rings. The van der Waals surface area contributed by atoms with Gasteiger partial charge in [-0.1, -0.05) is 6.07 Å². The molecule has 7 nitrogen and oxygen atoms in total. The molecule has 1 fully saturated rings. The Bertz CT molecular complexity index is 766. The molecular weight excluding hydrogens is 292 g/mol. The maximum atomic E-state index is 7.00. The van der Waals surface area contributed by atoms with Gasteiger partial charge in [-0.15, -0.1) is 0 Å². The average molecular weight is 312 g/mol. The molecule has 0 aliphatic carbocycles. The van der Waals surface area contributed by atoms with Crippen molar-refractivity contribution in [3.63, 3.8) is 0 Å². The number of pyridine rings is 1. The first-order chi connectivity index (χ1) is 11.4. The van der Waals surface area contributed by atoms with Gasteiger partial charge in [0, 0.05) is 25.9 Å². The summed E-state index contributed by atoms with van der Waals surface area (Å²) in [6.45, 7) is 2.03. The van der Waals surface area contributed by atoms with Gasteiger partial charge in [-0.25, -0.2) is 9.97 Å². The summed E-state index contributed by atoms with van der Waals surface area (Å²) in [5.74, 6) is 0.812. The SMILES string of the molecule is CO.c1ccn2c(-c3cncc(NC4CCNC4)n3)cnc2c1. The molecule has 0 bridgehead atoms. The van der Waals surface area contributed by atoms with Gasteiger partial charge >= 0.3 is 0 Å². The molecule has 0 aromatic carbocycles. The van der Waals surface area contributed by atoms with Crippen LogP contribution in [0.3, 0.4) is 0 Å². The van der Waals surface area contributed by atoms with E-state index in [9.17, 15) is 0 Å². The van der Waals surface area contributed by atoms with Crippen LogP contribution in [0.2, 0.25) is 0 Å². The van der Waals surface area contributed by atoms with Gasteiger partial charge in [-0.2, -0.15) is 0 Å². The Morgan fingerprint density at radius 1 is 1.26 bits per heavy atom. The zero-order chi connectivity index (χ0) is 16.1. The Kier molecular flexibility index (Phi) is 4.80. The number of hydrogen-bond donors (Lipinski definition) is 3. The van der Waals surface area contributed by atoms with Gasteiger partial charge in [0.05, 0.1) is 24.3 Å². The van der Waals surface area contributed by atoms with Gasteiger partial charge in [0.15, 0.2) is 0 Å². The Morgan fingerprint density at radius 2 is 2.17 bits per heavy atom. The molecule has 1 unspecified atom stereocenters. The normalized spacial score (nSPS) is 16.9. The van der Waals surface area contributed by atoms with Gasteiger partial charge in [0.1, 0.15) is 17.2 Å². The van der Waals surface area contributed by atoms with E-state index in [-0.39, 0.29) is 0 Å². The third-order valence-electron chi connectivity index (χ3n) is 3.73. The highest BCUT2D eigenvalue weighted by Crippen LogP contribution is 2.19. The smallest absolute Gasteiger partial charge is 0.145 e. The second-order valence-electron chi connectivity index (χ2n) is 5.20. The van der Waals surface area contributed by atoms with E-state index >= 15 is 0 Å². The maximum Gasteiger partial charge on any atom is 0.145 e. The number of nitrogens with one attached hydrogen (secondary N) is 2. The third-order valence-corrected chi connectivity index (χ3v) is 3.73. The molecule has 0 amide bonds. The van der Waals surface area contributed by atoms with Crippen LogP contribution in [-0.4, -0.2) is 50.7 Å². The average Bonchev–Trinajstić information content (AvgIpc) is 3.26. The fourth-order valence-corrected chi connectivity index (χ4v) is 2.67. The minimum absolute atomic E-state index is 0.428. The lowest BCUT2D eigenvalue weighted by Gasteiger charge is -2.12. The molecule has 1 aliphatic heterocycles. The lowest BCUT2D eigenvalue weighted by Crippen LogP contribution is -2.22. The zero-order valence-electron chi connectivity index (χ0n) is 13.0. The van der Waals surface area contributed by atoms with Crippen LogP contribution in [0.25, 0.3) is 17.0 Å². The summed E-state index contributed by atoms with van der Waals surface area (Å²) in [6, 6.07) is 6.36. The summed E-state index contributed by atoms with van der Waals surface area (Å²) >= 11 is 0. The van der Waals surface area contributed by atoms with Crippen molar-refractivity contribution in [2.75, 3.05) is 25.5 Å². The molecule has 7 heteroatoms.